The SMILES string of the molecule is Cc1cc(C)cc(N2C(=O)/C(=C\c3cn(CC(=O)Nc4ccccc4)c4ccccc34)C(=O)NC2=S)c1. The molecule has 0 unspecified atom stereocenters. The molecular weight excluding hydrogens is 484 g/mol. The number of carbonyl (C=O) groups is 3. The van der Waals surface area contributed by atoms with E-state index in [-0.39, 0.29) is 23.1 Å². The van der Waals surface area contributed by atoms with Gasteiger partial charge >= 0.3 is 0 Å². The number of para-hydroxylation sites is 2. The highest BCUT2D eigenvalue weighted by molar-refractivity contribution is 7.80. The zero-order valence-corrected chi connectivity index (χ0v) is 21.1. The number of thiocarbonyl (C=S) groups is 1. The molecule has 4 aromatic rings. The molecule has 5 rings (SSSR count). The number of fused-ring (bicyclic) bond motifs is 1. The third kappa shape index (κ3) is 4.92. The summed E-state index contributed by atoms with van der Waals surface area (Å²) in [5, 5.41) is 6.38. The van der Waals surface area contributed by atoms with E-state index in [4.69, 9.17) is 12.2 Å². The van der Waals surface area contributed by atoms with Crippen LogP contribution in [0.4, 0.5) is 11.4 Å². The Morgan fingerprint density at radius 2 is 1.65 bits per heavy atom. The van der Waals surface area contributed by atoms with Crippen LogP contribution in [0.15, 0.2) is 84.6 Å². The maximum Gasteiger partial charge on any atom is 0.270 e. The zero-order valence-electron chi connectivity index (χ0n) is 20.3. The smallest absolute Gasteiger partial charge is 0.270 e. The lowest BCUT2D eigenvalue weighted by Gasteiger charge is -2.29. The van der Waals surface area contributed by atoms with Gasteiger partial charge in [0.15, 0.2) is 5.11 Å². The Morgan fingerprint density at radius 1 is 0.973 bits per heavy atom. The van der Waals surface area contributed by atoms with Gasteiger partial charge in [0.1, 0.15) is 12.1 Å². The van der Waals surface area contributed by atoms with Crippen molar-refractivity contribution in [3.63, 3.8) is 0 Å². The van der Waals surface area contributed by atoms with E-state index in [0.717, 1.165) is 22.0 Å². The minimum atomic E-state index is -0.561. The van der Waals surface area contributed by atoms with E-state index in [0.29, 0.717) is 16.9 Å². The number of aryl methyl sites for hydroxylation is 2. The number of aromatic nitrogens is 1. The van der Waals surface area contributed by atoms with E-state index in [2.05, 4.69) is 10.6 Å². The van der Waals surface area contributed by atoms with Crippen LogP contribution in [-0.4, -0.2) is 27.4 Å². The molecule has 1 fully saturated rings. The molecule has 8 heteroatoms. The zero-order chi connectivity index (χ0) is 26.1. The molecule has 1 aromatic heterocycles. The first kappa shape index (κ1) is 24.1. The summed E-state index contributed by atoms with van der Waals surface area (Å²) in [6.07, 6.45) is 3.33. The Hall–Kier alpha value is -4.56. The van der Waals surface area contributed by atoms with Gasteiger partial charge in [-0.1, -0.05) is 42.5 Å². The lowest BCUT2D eigenvalue weighted by Crippen LogP contribution is -2.54. The largest absolute Gasteiger partial charge is 0.337 e. The summed E-state index contributed by atoms with van der Waals surface area (Å²) in [7, 11) is 0. The molecule has 37 heavy (non-hydrogen) atoms. The number of benzene rings is 3. The molecule has 0 bridgehead atoms. The monoisotopic (exact) mass is 508 g/mol. The number of amides is 3. The molecule has 184 valence electrons. The first-order valence-electron chi connectivity index (χ1n) is 11.7. The number of nitrogens with zero attached hydrogens (tertiary/aromatic N) is 2. The average molecular weight is 509 g/mol. The molecule has 1 saturated heterocycles. The van der Waals surface area contributed by atoms with Crippen molar-refractivity contribution in [1.82, 2.24) is 9.88 Å². The van der Waals surface area contributed by atoms with Crippen molar-refractivity contribution in [2.45, 2.75) is 20.4 Å². The fourth-order valence-corrected chi connectivity index (χ4v) is 4.81. The molecule has 2 heterocycles. The second kappa shape index (κ2) is 9.83. The van der Waals surface area contributed by atoms with Crippen LogP contribution in [-0.2, 0) is 20.9 Å². The van der Waals surface area contributed by atoms with Gasteiger partial charge in [-0.2, -0.15) is 0 Å². The summed E-state index contributed by atoms with van der Waals surface area (Å²) in [5.41, 5.74) is 4.67. The van der Waals surface area contributed by atoms with E-state index >= 15 is 0 Å². The van der Waals surface area contributed by atoms with E-state index in [1.165, 1.54) is 4.90 Å². The molecule has 1 aliphatic rings. The van der Waals surface area contributed by atoms with Crippen LogP contribution in [0.25, 0.3) is 17.0 Å². The van der Waals surface area contributed by atoms with Gasteiger partial charge in [-0.25, -0.2) is 0 Å². The quantitative estimate of drug-likeness (QED) is 0.232. The van der Waals surface area contributed by atoms with Gasteiger partial charge in [0.2, 0.25) is 5.91 Å². The van der Waals surface area contributed by atoms with E-state index < -0.39 is 11.8 Å². The maximum atomic E-state index is 13.5. The molecule has 0 radical (unpaired) electrons. The number of nitrogens with one attached hydrogen (secondary N) is 2. The average Bonchev–Trinajstić information content (AvgIpc) is 3.18. The van der Waals surface area contributed by atoms with Crippen LogP contribution in [0.3, 0.4) is 0 Å². The third-order valence-electron chi connectivity index (χ3n) is 6.06. The summed E-state index contributed by atoms with van der Waals surface area (Å²) >= 11 is 5.35. The number of hydrogen-bond acceptors (Lipinski definition) is 4. The van der Waals surface area contributed by atoms with Gasteiger partial charge in [0.05, 0.1) is 5.69 Å². The second-order valence-electron chi connectivity index (χ2n) is 8.95. The second-order valence-corrected chi connectivity index (χ2v) is 9.33. The summed E-state index contributed by atoms with van der Waals surface area (Å²) < 4.78 is 1.80. The fraction of sp³-hybridized carbons (Fsp3) is 0.103. The fourth-order valence-electron chi connectivity index (χ4n) is 4.52. The maximum absolute atomic E-state index is 13.5. The highest BCUT2D eigenvalue weighted by Gasteiger charge is 2.35. The van der Waals surface area contributed by atoms with Crippen LogP contribution >= 0.6 is 12.2 Å². The summed E-state index contributed by atoms with van der Waals surface area (Å²) in [6.45, 7) is 3.94. The van der Waals surface area contributed by atoms with Crippen molar-refractivity contribution in [3.8, 4) is 0 Å². The van der Waals surface area contributed by atoms with Crippen molar-refractivity contribution in [2.24, 2.45) is 0 Å². The molecule has 0 aliphatic carbocycles. The normalized spacial score (nSPS) is 14.8. The number of anilines is 2. The highest BCUT2D eigenvalue weighted by atomic mass is 32.1. The Bertz CT molecular complexity index is 1580. The van der Waals surface area contributed by atoms with E-state index in [1.807, 2.05) is 86.6 Å². The van der Waals surface area contributed by atoms with Gasteiger partial charge in [0.25, 0.3) is 11.8 Å². The molecule has 7 nitrogen and oxygen atoms in total. The summed E-state index contributed by atoms with van der Waals surface area (Å²) in [5.74, 6) is -1.25. The number of carbonyl (C=O) groups excluding carboxylic acids is 3. The third-order valence-corrected chi connectivity index (χ3v) is 6.34. The molecule has 3 amide bonds. The number of rotatable bonds is 5. The molecule has 0 saturated carbocycles. The topological polar surface area (TPSA) is 83.4 Å². The van der Waals surface area contributed by atoms with Crippen molar-refractivity contribution < 1.29 is 14.4 Å². The standard InChI is InChI=1S/C29H24N4O3S/c1-18-12-19(2)14-22(13-18)33-28(36)24(27(35)31-29(33)37)15-20-16-32(25-11-7-6-10-23(20)25)17-26(34)30-21-8-4-3-5-9-21/h3-16H,17H2,1-2H3,(H,30,34)(H,31,35,37)/b24-15-. The molecule has 2 N–H and O–H groups in total. The summed E-state index contributed by atoms with van der Waals surface area (Å²) in [4.78, 5) is 40.5. The predicted molar refractivity (Wildman–Crippen MR) is 149 cm³/mol. The molecular formula is C29H24N4O3S. The molecule has 0 atom stereocenters. The number of hydrogen-bond donors (Lipinski definition) is 2. The van der Waals surface area contributed by atoms with E-state index in [9.17, 15) is 14.4 Å². The van der Waals surface area contributed by atoms with Crippen molar-refractivity contribution in [1.29, 1.82) is 0 Å². The van der Waals surface area contributed by atoms with Crippen LogP contribution in [0.1, 0.15) is 16.7 Å². The first-order chi connectivity index (χ1) is 17.8. The van der Waals surface area contributed by atoms with Gasteiger partial charge in [-0.05, 0) is 73.6 Å². The van der Waals surface area contributed by atoms with Gasteiger partial charge in [-0.15, -0.1) is 0 Å². The summed E-state index contributed by atoms with van der Waals surface area (Å²) in [6, 6.07) is 22.5. The van der Waals surface area contributed by atoms with Crippen LogP contribution in [0, 0.1) is 13.8 Å². The van der Waals surface area contributed by atoms with Crippen molar-refractivity contribution in [3.05, 3.63) is 101 Å². The van der Waals surface area contributed by atoms with Gasteiger partial charge < -0.3 is 9.88 Å². The van der Waals surface area contributed by atoms with Crippen molar-refractivity contribution >= 4 is 63.4 Å². The Balaban J connectivity index is 1.50. The van der Waals surface area contributed by atoms with Crippen LogP contribution < -0.4 is 15.5 Å². The predicted octanol–water partition coefficient (Wildman–Crippen LogP) is 4.73. The Morgan fingerprint density at radius 3 is 2.38 bits per heavy atom. The lowest BCUT2D eigenvalue weighted by atomic mass is 10.1. The Kier molecular flexibility index (Phi) is 6.42. The molecule has 3 aromatic carbocycles. The van der Waals surface area contributed by atoms with Crippen molar-refractivity contribution in [2.75, 3.05) is 10.2 Å². The minimum Gasteiger partial charge on any atom is -0.337 e. The lowest BCUT2D eigenvalue weighted by molar-refractivity contribution is -0.122. The molecule has 1 aliphatic heterocycles. The Labute approximate surface area is 219 Å². The first-order valence-corrected chi connectivity index (χ1v) is 12.1. The van der Waals surface area contributed by atoms with Gasteiger partial charge in [-0.3, -0.25) is 24.6 Å². The van der Waals surface area contributed by atoms with Crippen LogP contribution in [0.2, 0.25) is 0 Å². The van der Waals surface area contributed by atoms with Gasteiger partial charge in [0, 0.05) is 28.4 Å². The van der Waals surface area contributed by atoms with Crippen LogP contribution in [0.5, 0.6) is 0 Å². The van der Waals surface area contributed by atoms with E-state index in [1.54, 1.807) is 16.8 Å². The highest BCUT2D eigenvalue weighted by Crippen LogP contribution is 2.27. The minimum absolute atomic E-state index is 0.0376. The molecule has 0 spiro atoms.